The molecule has 3 unspecified atom stereocenters. The minimum absolute atomic E-state index is 0. The molecule has 0 aliphatic rings. The molecule has 18 nitrogen and oxygen atoms in total. The molecule has 0 radical (unpaired) electrons. The van der Waals surface area contributed by atoms with Gasteiger partial charge in [0, 0.05) is 69.5 Å². The molecule has 0 saturated heterocycles. The molecule has 6 aromatic rings. The topological polar surface area (TPSA) is 227 Å². The monoisotopic (exact) mass is 2010 g/mol. The summed E-state index contributed by atoms with van der Waals surface area (Å²) in [6.07, 6.45) is -13.1. The zero-order chi connectivity index (χ0) is 81.1. The molecule has 0 amide bonds. The van der Waals surface area contributed by atoms with E-state index < -0.39 is 82.0 Å². The van der Waals surface area contributed by atoms with Crippen molar-refractivity contribution in [3.8, 4) is 34.5 Å². The van der Waals surface area contributed by atoms with Gasteiger partial charge in [-0.1, -0.05) is 22.3 Å². The molecule has 0 spiro atoms. The van der Waals surface area contributed by atoms with Crippen LogP contribution in [0.3, 0.4) is 0 Å². The number of esters is 2. The van der Waals surface area contributed by atoms with Crippen molar-refractivity contribution in [3.05, 3.63) is 161 Å². The molecule has 37 heteroatoms. The summed E-state index contributed by atoms with van der Waals surface area (Å²) in [7, 11) is -5.35. The number of ether oxygens (including phenoxy) is 10. The number of alkyl halides is 12. The second kappa shape index (κ2) is 56.9. The molecule has 0 bridgehead atoms. The number of hydrogen-bond donors (Lipinski definition) is 2. The summed E-state index contributed by atoms with van der Waals surface area (Å²) in [5.41, 5.74) is -4.88. The van der Waals surface area contributed by atoms with Crippen molar-refractivity contribution < 1.29 is 151 Å². The van der Waals surface area contributed by atoms with Gasteiger partial charge >= 0.3 is 103 Å². The number of aliphatic hydroxyl groups is 1. The zero-order valence-electron chi connectivity index (χ0n) is 59.6. The Labute approximate surface area is 684 Å². The van der Waals surface area contributed by atoms with Crippen molar-refractivity contribution in [1.82, 2.24) is 0 Å². The maximum atomic E-state index is 12.7. The van der Waals surface area contributed by atoms with E-state index in [2.05, 4.69) is 41.4 Å². The fourth-order valence-corrected chi connectivity index (χ4v) is 11.8. The average molecular weight is 2010 g/mol. The summed E-state index contributed by atoms with van der Waals surface area (Å²) in [5, 5.41) is 18.3. The summed E-state index contributed by atoms with van der Waals surface area (Å²) in [6.45, 7) is 16.1. The number of thioether (sulfide) groups is 3. The van der Waals surface area contributed by atoms with E-state index >= 15 is 0 Å². The first-order valence-corrected chi connectivity index (χ1v) is 49.4. The number of aliphatic carboxylic acids is 1. The second-order valence-electron chi connectivity index (χ2n) is 22.0. The molecular formula is C74H96F12I3O18S4-. The van der Waals surface area contributed by atoms with Gasteiger partial charge in [0.2, 0.25) is 0 Å². The summed E-state index contributed by atoms with van der Waals surface area (Å²) >= 11 is 10.0. The molecule has 0 heterocycles. The van der Waals surface area contributed by atoms with Crippen LogP contribution in [-0.2, 0) is 66.2 Å². The summed E-state index contributed by atoms with van der Waals surface area (Å²) in [4.78, 5) is 36.4. The third kappa shape index (κ3) is 45.6. The standard InChI is InChI=1S/C24H29F3O5S.2C22H25F3O5S.C3H5F3O3S.3CH4.I3/c1-4-29-13-18(14-31-20-8-6-19(7-9-20)24(25,26)27)16-33-21-10-11-22(17(3)12-21)32-15-23(28)30-5-2;1-3-28-11-16(12-29-18-6-4-17(5-7-18)22(23,24)25)14-31-19-8-9-20(15(2)10-19)30-13-21(26)27;1-3-28-21(27)13-30-20-9-8-19(10-15(20)2)31-14-16(11-26)12-29-18-6-4-17(5-7-18)22(23,24)25;1-2-9-10(7,8)3(4,5)6;;;;1-3-2/h6-12,18H,4-5,13-16H2,1-3H3;4-10,16H,3,11-14H2,1-2H3,(H,26,27);4-10,16,26H,3,11-14H2,1-2H3;2H2,1H3;3*1H4;/q;;;;;;;-1. The van der Waals surface area contributed by atoms with Crippen LogP contribution in [0.2, 0.25) is 0 Å². The van der Waals surface area contributed by atoms with Gasteiger partial charge in [0.25, 0.3) is 0 Å². The van der Waals surface area contributed by atoms with Crippen LogP contribution in [0.5, 0.6) is 34.5 Å². The normalized spacial score (nSPS) is 12.0. The van der Waals surface area contributed by atoms with Crippen molar-refractivity contribution in [2.24, 2.45) is 17.8 Å². The number of carbonyl (C=O) groups is 3. The summed E-state index contributed by atoms with van der Waals surface area (Å²) < 4.78 is 225. The Bertz CT molecular complexity index is 3680. The maximum absolute atomic E-state index is 12.7. The third-order valence-electron chi connectivity index (χ3n) is 13.5. The summed E-state index contributed by atoms with van der Waals surface area (Å²) in [5.74, 6) is 2.69. The van der Waals surface area contributed by atoms with E-state index in [0.29, 0.717) is 118 Å². The second-order valence-corrected chi connectivity index (χ2v) is 43.2. The van der Waals surface area contributed by atoms with E-state index in [1.54, 1.807) is 49.5 Å². The molecule has 6 rings (SSSR count). The zero-order valence-corrected chi connectivity index (χ0v) is 69.3. The van der Waals surface area contributed by atoms with Crippen molar-refractivity contribution >= 4 is 101 Å². The van der Waals surface area contributed by atoms with E-state index in [-0.39, 0.29) is 66.5 Å². The molecule has 0 saturated carbocycles. The van der Waals surface area contributed by atoms with Gasteiger partial charge in [0.15, 0.2) is 19.8 Å². The Morgan fingerprint density at radius 3 is 0.955 bits per heavy atom. The Hall–Kier alpha value is -5.28. The van der Waals surface area contributed by atoms with Crippen LogP contribution < -0.4 is 41.7 Å². The molecule has 0 aromatic heterocycles. The first-order valence-electron chi connectivity index (χ1n) is 32.5. The molecule has 3 atom stereocenters. The number of rotatable bonds is 38. The molecule has 111 heavy (non-hydrogen) atoms. The number of carboxylic acid groups (broad SMARTS) is 1. The van der Waals surface area contributed by atoms with Crippen molar-refractivity contribution in [2.45, 2.75) is 116 Å². The van der Waals surface area contributed by atoms with Gasteiger partial charge in [-0.05, 0) is 199 Å². The Morgan fingerprint density at radius 2 is 0.721 bits per heavy atom. The van der Waals surface area contributed by atoms with Gasteiger partial charge in [-0.3, -0.25) is 4.18 Å². The van der Waals surface area contributed by atoms with E-state index in [1.807, 2.05) is 77.1 Å². The number of carbonyl (C=O) groups excluding carboxylic acids is 2. The average Bonchev–Trinajstić information content (AvgIpc) is 0.868. The van der Waals surface area contributed by atoms with Gasteiger partial charge < -0.3 is 57.6 Å². The van der Waals surface area contributed by atoms with E-state index in [1.165, 1.54) is 48.2 Å². The number of hydrogen-bond acceptors (Lipinski definition) is 20. The van der Waals surface area contributed by atoms with Gasteiger partial charge in [-0.25, -0.2) is 14.4 Å². The quantitative estimate of drug-likeness (QED) is 0.00917. The van der Waals surface area contributed by atoms with Crippen LogP contribution in [0.1, 0.15) is 90.3 Å². The molecule has 2 N–H and O–H groups in total. The van der Waals surface area contributed by atoms with Gasteiger partial charge in [0.1, 0.15) is 34.5 Å². The van der Waals surface area contributed by atoms with Gasteiger partial charge in [0.05, 0.1) is 69.5 Å². The predicted octanol–water partition coefficient (Wildman–Crippen LogP) is 17.4. The fraction of sp³-hybridized carbons (Fsp3) is 0.473. The van der Waals surface area contributed by atoms with Crippen molar-refractivity contribution in [2.75, 3.05) is 110 Å². The summed E-state index contributed by atoms with van der Waals surface area (Å²) in [6, 6.07) is 30.5. The van der Waals surface area contributed by atoms with Crippen LogP contribution in [0.15, 0.2) is 142 Å². The number of aryl methyl sites for hydroxylation is 3. The van der Waals surface area contributed by atoms with Crippen LogP contribution >= 0.6 is 72.5 Å². The SMILES string of the molecule is C.C.C.CCOC(=O)COc1ccc(SCC(CO)COc2ccc(C(F)(F)F)cc2)cc1C.CCOCC(COc1ccc(C(F)(F)F)cc1)CSc1ccc(OCC(=O)O)c(C)c1.CCOCC(COc1ccc(C(F)(F)F)cc1)CSc1ccc(OCC(=O)OCC)c(C)c1.CCOS(=O)(=O)C(F)(F)F.I[I-]I. The first kappa shape index (κ1) is 108. The predicted molar refractivity (Wildman–Crippen MR) is 419 cm³/mol. The fourth-order valence-electron chi connectivity index (χ4n) is 8.18. The number of benzene rings is 6. The van der Waals surface area contributed by atoms with E-state index in [4.69, 9.17) is 52.5 Å². The molecule has 0 aliphatic heterocycles. The van der Waals surface area contributed by atoms with Crippen LogP contribution in [-0.4, -0.2) is 152 Å². The van der Waals surface area contributed by atoms with Crippen LogP contribution in [0.4, 0.5) is 52.7 Å². The molecule has 0 aliphatic carbocycles. The first-order chi connectivity index (χ1) is 50.9. The Kier molecular flexibility index (Phi) is 55.2. The van der Waals surface area contributed by atoms with Crippen LogP contribution in [0.25, 0.3) is 0 Å². The van der Waals surface area contributed by atoms with Crippen molar-refractivity contribution in [1.29, 1.82) is 0 Å². The third-order valence-corrected chi connectivity index (χ3v) is 18.3. The molecular weight excluding hydrogens is 1910 g/mol. The number of halogens is 15. The molecule has 6 aromatic carbocycles. The van der Waals surface area contributed by atoms with Gasteiger partial charge in [-0.15, -0.1) is 35.3 Å². The van der Waals surface area contributed by atoms with Crippen molar-refractivity contribution in [3.63, 3.8) is 0 Å². The molecule has 0 fully saturated rings. The number of carboxylic acids is 1. The minimum atomic E-state index is -5.35. The van der Waals surface area contributed by atoms with Crippen LogP contribution in [0, 0.1) is 38.5 Å². The van der Waals surface area contributed by atoms with E-state index in [0.717, 1.165) is 74.7 Å². The Morgan fingerprint density at radius 1 is 0.432 bits per heavy atom. The Balaban J connectivity index is 0. The number of aliphatic hydroxyl groups excluding tert-OH is 1. The molecule has 630 valence electrons. The van der Waals surface area contributed by atoms with Gasteiger partial charge in [-0.2, -0.15) is 61.1 Å². The van der Waals surface area contributed by atoms with E-state index in [9.17, 15) is 80.6 Å².